The summed E-state index contributed by atoms with van der Waals surface area (Å²) in [5.41, 5.74) is 0.496. The fraction of sp³-hybridized carbons (Fsp3) is 0.167. The van der Waals surface area contributed by atoms with Crippen molar-refractivity contribution >= 4 is 11.8 Å². The van der Waals surface area contributed by atoms with Crippen molar-refractivity contribution in [1.29, 1.82) is 0 Å². The van der Waals surface area contributed by atoms with Crippen molar-refractivity contribution in [3.63, 3.8) is 0 Å². The molecule has 0 aliphatic heterocycles. The molecule has 26 heavy (non-hydrogen) atoms. The van der Waals surface area contributed by atoms with Gasteiger partial charge in [-0.1, -0.05) is 6.58 Å². The summed E-state index contributed by atoms with van der Waals surface area (Å²) in [4.78, 5) is 28.5. The highest BCUT2D eigenvalue weighted by atomic mass is 19.2. The number of hydrogen-bond donors (Lipinski definition) is 1. The van der Waals surface area contributed by atoms with Crippen LogP contribution in [0, 0.1) is 11.6 Å². The summed E-state index contributed by atoms with van der Waals surface area (Å²) in [5, 5.41) is 2.62. The number of rotatable bonds is 7. The lowest BCUT2D eigenvalue weighted by molar-refractivity contribution is -0.131. The van der Waals surface area contributed by atoms with E-state index < -0.39 is 11.6 Å². The lowest BCUT2D eigenvalue weighted by Crippen LogP contribution is -2.37. The van der Waals surface area contributed by atoms with Crippen LogP contribution in [0.15, 0.2) is 49.2 Å². The molecule has 1 N–H and O–H groups in total. The third-order valence-corrected chi connectivity index (χ3v) is 3.31. The average Bonchev–Trinajstić information content (AvgIpc) is 2.62. The Morgan fingerprint density at radius 3 is 2.65 bits per heavy atom. The maximum atomic E-state index is 13.2. The Labute approximate surface area is 149 Å². The zero-order chi connectivity index (χ0) is 19.1. The number of hydrogen-bond acceptors (Lipinski definition) is 4. The Kier molecular flexibility index (Phi) is 6.37. The predicted octanol–water partition coefficient (Wildman–Crippen LogP) is 2.41. The monoisotopic (exact) mass is 361 g/mol. The third kappa shape index (κ3) is 5.37. The fourth-order valence-corrected chi connectivity index (χ4v) is 1.99. The van der Waals surface area contributed by atoms with Gasteiger partial charge in [0.1, 0.15) is 11.5 Å². The molecule has 2 rings (SSSR count). The lowest BCUT2D eigenvalue weighted by Gasteiger charge is -2.14. The summed E-state index contributed by atoms with van der Waals surface area (Å²) >= 11 is 0. The van der Waals surface area contributed by atoms with Gasteiger partial charge >= 0.3 is 0 Å². The number of likely N-dealkylation sites (N-methyl/N-ethyl adjacent to an activating group) is 1. The molecule has 0 unspecified atom stereocenters. The van der Waals surface area contributed by atoms with E-state index in [4.69, 9.17) is 4.74 Å². The number of halogens is 2. The molecule has 1 aromatic heterocycles. The Hall–Kier alpha value is -3.29. The number of amides is 2. The highest BCUT2D eigenvalue weighted by Gasteiger charge is 2.10. The molecule has 1 heterocycles. The molecule has 0 spiro atoms. The highest BCUT2D eigenvalue weighted by molar-refractivity contribution is 5.90. The Morgan fingerprint density at radius 2 is 1.96 bits per heavy atom. The highest BCUT2D eigenvalue weighted by Crippen LogP contribution is 2.23. The summed E-state index contributed by atoms with van der Waals surface area (Å²) in [6, 6.07) is 6.30. The molecule has 2 amide bonds. The standard InChI is InChI=1S/C18H17F2N3O3/c1-3-18(25)23(2)11-17(24)22-10-12-8-14(6-7-21-12)26-13-4-5-15(19)16(20)9-13/h3-9H,1,10-11H2,2H3,(H,22,24). The minimum atomic E-state index is -1.01. The van der Waals surface area contributed by atoms with Crippen molar-refractivity contribution in [3.8, 4) is 11.5 Å². The van der Waals surface area contributed by atoms with E-state index in [9.17, 15) is 18.4 Å². The van der Waals surface area contributed by atoms with Gasteiger partial charge in [-0.2, -0.15) is 0 Å². The molecule has 8 heteroatoms. The maximum absolute atomic E-state index is 13.2. The molecule has 0 aliphatic carbocycles. The van der Waals surface area contributed by atoms with Crippen molar-refractivity contribution in [1.82, 2.24) is 15.2 Å². The van der Waals surface area contributed by atoms with Gasteiger partial charge in [0, 0.05) is 25.4 Å². The molecule has 0 saturated carbocycles. The predicted molar refractivity (Wildman–Crippen MR) is 90.3 cm³/mol. The topological polar surface area (TPSA) is 71.5 Å². The van der Waals surface area contributed by atoms with Gasteiger partial charge in [-0.05, 0) is 24.3 Å². The summed E-state index contributed by atoms with van der Waals surface area (Å²) < 4.78 is 31.6. The van der Waals surface area contributed by atoms with Crippen LogP contribution >= 0.6 is 0 Å². The number of pyridine rings is 1. The summed E-state index contributed by atoms with van der Waals surface area (Å²) in [6.45, 7) is 3.35. The van der Waals surface area contributed by atoms with Crippen LogP contribution in [0.1, 0.15) is 5.69 Å². The number of nitrogens with zero attached hydrogens (tertiary/aromatic N) is 2. The zero-order valence-corrected chi connectivity index (χ0v) is 14.0. The molecule has 0 bridgehead atoms. The molecule has 6 nitrogen and oxygen atoms in total. The minimum absolute atomic E-state index is 0.115. The first-order chi connectivity index (χ1) is 12.4. The number of ether oxygens (including phenoxy) is 1. The number of nitrogens with one attached hydrogen (secondary N) is 1. The van der Waals surface area contributed by atoms with Crippen molar-refractivity contribution in [3.05, 3.63) is 66.5 Å². The second kappa shape index (κ2) is 8.70. The van der Waals surface area contributed by atoms with Crippen LogP contribution in [0.2, 0.25) is 0 Å². The van der Waals surface area contributed by atoms with Crippen LogP contribution in [-0.4, -0.2) is 35.3 Å². The first-order valence-corrected chi connectivity index (χ1v) is 7.61. The molecule has 0 fully saturated rings. The van der Waals surface area contributed by atoms with Crippen LogP contribution in [0.4, 0.5) is 8.78 Å². The van der Waals surface area contributed by atoms with E-state index in [0.29, 0.717) is 11.4 Å². The number of benzene rings is 1. The Bertz CT molecular complexity index is 827. The molecule has 0 atom stereocenters. The van der Waals surface area contributed by atoms with Crippen molar-refractivity contribution in [2.24, 2.45) is 0 Å². The Balaban J connectivity index is 1.94. The zero-order valence-electron chi connectivity index (χ0n) is 14.0. The van der Waals surface area contributed by atoms with Crippen molar-refractivity contribution in [2.45, 2.75) is 6.54 Å². The second-order valence-electron chi connectivity index (χ2n) is 5.34. The lowest BCUT2D eigenvalue weighted by atomic mass is 10.3. The van der Waals surface area contributed by atoms with Gasteiger partial charge in [0.05, 0.1) is 18.8 Å². The maximum Gasteiger partial charge on any atom is 0.246 e. The largest absolute Gasteiger partial charge is 0.457 e. The van der Waals surface area contributed by atoms with Gasteiger partial charge in [0.15, 0.2) is 11.6 Å². The molecule has 136 valence electrons. The molecule has 0 radical (unpaired) electrons. The smallest absolute Gasteiger partial charge is 0.246 e. The number of carbonyl (C=O) groups excluding carboxylic acids is 2. The van der Waals surface area contributed by atoms with Crippen LogP contribution in [-0.2, 0) is 16.1 Å². The summed E-state index contributed by atoms with van der Waals surface area (Å²) in [6.07, 6.45) is 2.58. The van der Waals surface area contributed by atoms with Crippen LogP contribution in [0.5, 0.6) is 11.5 Å². The first-order valence-electron chi connectivity index (χ1n) is 7.61. The molecule has 2 aromatic rings. The van der Waals surface area contributed by atoms with E-state index in [1.165, 1.54) is 24.2 Å². The summed E-state index contributed by atoms with van der Waals surface area (Å²) in [7, 11) is 1.48. The molecule has 0 aliphatic rings. The van der Waals surface area contributed by atoms with Gasteiger partial charge < -0.3 is 15.0 Å². The fourth-order valence-electron chi connectivity index (χ4n) is 1.99. The molecule has 1 aromatic carbocycles. The van der Waals surface area contributed by atoms with E-state index in [2.05, 4.69) is 16.9 Å². The van der Waals surface area contributed by atoms with Crippen LogP contribution in [0.3, 0.4) is 0 Å². The normalized spacial score (nSPS) is 10.1. The molecule has 0 saturated heterocycles. The van der Waals surface area contributed by atoms with Crippen molar-refractivity contribution in [2.75, 3.05) is 13.6 Å². The Morgan fingerprint density at radius 1 is 1.23 bits per heavy atom. The van der Waals surface area contributed by atoms with E-state index in [0.717, 1.165) is 18.2 Å². The van der Waals surface area contributed by atoms with Crippen LogP contribution < -0.4 is 10.1 Å². The SMILES string of the molecule is C=CC(=O)N(C)CC(=O)NCc1cc(Oc2ccc(F)c(F)c2)ccn1. The molecular formula is C18H17F2N3O3. The van der Waals surface area contributed by atoms with E-state index >= 15 is 0 Å². The average molecular weight is 361 g/mol. The van der Waals surface area contributed by atoms with E-state index in [1.807, 2.05) is 0 Å². The number of carbonyl (C=O) groups is 2. The second-order valence-corrected chi connectivity index (χ2v) is 5.34. The van der Waals surface area contributed by atoms with Gasteiger partial charge in [-0.3, -0.25) is 14.6 Å². The number of aromatic nitrogens is 1. The van der Waals surface area contributed by atoms with Gasteiger partial charge in [-0.15, -0.1) is 0 Å². The third-order valence-electron chi connectivity index (χ3n) is 3.31. The van der Waals surface area contributed by atoms with Gasteiger partial charge in [-0.25, -0.2) is 8.78 Å². The van der Waals surface area contributed by atoms with Crippen LogP contribution in [0.25, 0.3) is 0 Å². The minimum Gasteiger partial charge on any atom is -0.457 e. The first kappa shape index (κ1) is 19.0. The van der Waals surface area contributed by atoms with E-state index in [1.54, 1.807) is 12.1 Å². The van der Waals surface area contributed by atoms with E-state index in [-0.39, 0.29) is 30.7 Å². The summed E-state index contributed by atoms with van der Waals surface area (Å²) in [5.74, 6) is -2.21. The quantitative estimate of drug-likeness (QED) is 0.769. The van der Waals surface area contributed by atoms with Crippen molar-refractivity contribution < 1.29 is 23.1 Å². The molecular weight excluding hydrogens is 344 g/mol. The van der Waals surface area contributed by atoms with Gasteiger partial charge in [0.2, 0.25) is 11.8 Å². The van der Waals surface area contributed by atoms with Gasteiger partial charge in [0.25, 0.3) is 0 Å².